The normalized spacial score (nSPS) is 10.4. The molecular formula is C18H28O3. The molecule has 0 atom stereocenters. The summed E-state index contributed by atoms with van der Waals surface area (Å²) in [7, 11) is 0. The van der Waals surface area contributed by atoms with Gasteiger partial charge in [-0.25, -0.2) is 4.79 Å². The smallest absolute Gasteiger partial charge is 0.434 e. The largest absolute Gasteiger partial charge is 0.513 e. The topological polar surface area (TPSA) is 35.5 Å². The predicted octanol–water partition coefficient (Wildman–Crippen LogP) is 5.52. The number of carbonyl (C=O) groups excluding carboxylic acids is 1. The molecule has 0 unspecified atom stereocenters. The van der Waals surface area contributed by atoms with E-state index in [4.69, 9.17) is 9.47 Å². The minimum atomic E-state index is -0.606. The lowest BCUT2D eigenvalue weighted by atomic mass is 10.1. The highest BCUT2D eigenvalue weighted by Gasteiger charge is 2.05. The van der Waals surface area contributed by atoms with Gasteiger partial charge in [-0.1, -0.05) is 58.1 Å². The number of unbranched alkanes of at least 4 members (excludes halogenated alkanes) is 5. The van der Waals surface area contributed by atoms with Gasteiger partial charge in [-0.2, -0.15) is 0 Å². The van der Waals surface area contributed by atoms with E-state index in [0.717, 1.165) is 19.3 Å². The molecule has 0 fully saturated rings. The van der Waals surface area contributed by atoms with E-state index in [9.17, 15) is 4.79 Å². The molecule has 21 heavy (non-hydrogen) atoms. The number of ether oxygens (including phenoxy) is 2. The maximum Gasteiger partial charge on any atom is 0.513 e. The molecular weight excluding hydrogens is 264 g/mol. The third-order valence-electron chi connectivity index (χ3n) is 3.41. The lowest BCUT2D eigenvalue weighted by Crippen LogP contribution is -2.11. The van der Waals surface area contributed by atoms with E-state index in [1.807, 2.05) is 24.3 Å². The first-order valence-electron chi connectivity index (χ1n) is 8.19. The molecule has 1 aromatic rings. The van der Waals surface area contributed by atoms with Crippen LogP contribution in [0.15, 0.2) is 24.3 Å². The van der Waals surface area contributed by atoms with Gasteiger partial charge in [0, 0.05) is 0 Å². The van der Waals surface area contributed by atoms with Crippen LogP contribution in [0.2, 0.25) is 0 Å². The fourth-order valence-corrected chi connectivity index (χ4v) is 2.11. The van der Waals surface area contributed by atoms with Crippen molar-refractivity contribution in [3.05, 3.63) is 29.8 Å². The second-order valence-corrected chi connectivity index (χ2v) is 5.36. The van der Waals surface area contributed by atoms with Crippen molar-refractivity contribution in [3.8, 4) is 5.75 Å². The van der Waals surface area contributed by atoms with Crippen molar-refractivity contribution in [2.75, 3.05) is 6.61 Å². The van der Waals surface area contributed by atoms with Crippen molar-refractivity contribution in [3.63, 3.8) is 0 Å². The molecule has 0 spiro atoms. The molecule has 0 bridgehead atoms. The molecule has 0 N–H and O–H groups in total. The Morgan fingerprint density at radius 3 is 2.24 bits per heavy atom. The third kappa shape index (κ3) is 8.38. The van der Waals surface area contributed by atoms with Crippen molar-refractivity contribution >= 4 is 6.16 Å². The van der Waals surface area contributed by atoms with E-state index < -0.39 is 6.16 Å². The first-order chi connectivity index (χ1) is 10.3. The molecule has 0 aliphatic rings. The molecule has 0 saturated heterocycles. The van der Waals surface area contributed by atoms with E-state index in [1.165, 1.54) is 37.7 Å². The zero-order valence-corrected chi connectivity index (χ0v) is 13.4. The number of rotatable bonds is 10. The highest BCUT2D eigenvalue weighted by molar-refractivity contribution is 5.63. The Labute approximate surface area is 128 Å². The van der Waals surface area contributed by atoms with Gasteiger partial charge >= 0.3 is 6.16 Å². The second kappa shape index (κ2) is 11.2. The summed E-state index contributed by atoms with van der Waals surface area (Å²) in [5, 5.41) is 0. The Kier molecular flexibility index (Phi) is 9.34. The monoisotopic (exact) mass is 292 g/mol. The summed E-state index contributed by atoms with van der Waals surface area (Å²) in [4.78, 5) is 11.5. The van der Waals surface area contributed by atoms with Gasteiger partial charge in [-0.3, -0.25) is 0 Å². The van der Waals surface area contributed by atoms with Crippen molar-refractivity contribution in [2.24, 2.45) is 0 Å². The van der Waals surface area contributed by atoms with Gasteiger partial charge in [-0.05, 0) is 37.0 Å². The van der Waals surface area contributed by atoms with Crippen LogP contribution in [0, 0.1) is 0 Å². The van der Waals surface area contributed by atoms with E-state index >= 15 is 0 Å². The van der Waals surface area contributed by atoms with Crippen molar-refractivity contribution in [1.82, 2.24) is 0 Å². The van der Waals surface area contributed by atoms with Crippen LogP contribution in [0.3, 0.4) is 0 Å². The highest BCUT2D eigenvalue weighted by atomic mass is 16.7. The number of hydrogen-bond acceptors (Lipinski definition) is 3. The average Bonchev–Trinajstić information content (AvgIpc) is 2.49. The van der Waals surface area contributed by atoms with Crippen LogP contribution in [0.5, 0.6) is 5.75 Å². The highest BCUT2D eigenvalue weighted by Crippen LogP contribution is 2.15. The third-order valence-corrected chi connectivity index (χ3v) is 3.41. The molecule has 1 rings (SSSR count). The molecule has 0 aliphatic heterocycles. The minimum absolute atomic E-state index is 0.438. The predicted molar refractivity (Wildman–Crippen MR) is 85.8 cm³/mol. The van der Waals surface area contributed by atoms with Crippen LogP contribution in [0.4, 0.5) is 4.79 Å². The summed E-state index contributed by atoms with van der Waals surface area (Å²) in [6.07, 6.45) is 8.51. The molecule has 0 amide bonds. The van der Waals surface area contributed by atoms with Gasteiger partial charge in [0.05, 0.1) is 6.61 Å². The van der Waals surface area contributed by atoms with Crippen LogP contribution < -0.4 is 4.74 Å². The van der Waals surface area contributed by atoms with Crippen molar-refractivity contribution < 1.29 is 14.3 Å². The molecule has 3 heteroatoms. The lowest BCUT2D eigenvalue weighted by molar-refractivity contribution is 0.0973. The summed E-state index contributed by atoms with van der Waals surface area (Å²) >= 11 is 0. The van der Waals surface area contributed by atoms with Crippen LogP contribution in [0.25, 0.3) is 0 Å². The first-order valence-corrected chi connectivity index (χ1v) is 8.19. The molecule has 1 aromatic carbocycles. The van der Waals surface area contributed by atoms with E-state index in [2.05, 4.69) is 13.8 Å². The number of hydrogen-bond donors (Lipinski definition) is 0. The molecule has 0 aliphatic carbocycles. The van der Waals surface area contributed by atoms with Crippen LogP contribution in [-0.2, 0) is 11.2 Å². The number of carbonyl (C=O) groups is 1. The Morgan fingerprint density at radius 1 is 0.905 bits per heavy atom. The standard InChI is InChI=1S/C18H28O3/c1-3-5-7-9-15-20-18(19)21-17-13-11-16(12-14-17)10-8-6-4-2/h11-14H,3-10,15H2,1-2H3. The van der Waals surface area contributed by atoms with Crippen LogP contribution >= 0.6 is 0 Å². The van der Waals surface area contributed by atoms with E-state index in [1.54, 1.807) is 0 Å². The fourth-order valence-electron chi connectivity index (χ4n) is 2.11. The SMILES string of the molecule is CCCCCCOC(=O)Oc1ccc(CCCCC)cc1. The van der Waals surface area contributed by atoms with Gasteiger partial charge in [0.2, 0.25) is 0 Å². The second-order valence-electron chi connectivity index (χ2n) is 5.36. The van der Waals surface area contributed by atoms with Crippen molar-refractivity contribution in [2.45, 2.75) is 65.2 Å². The Hall–Kier alpha value is -1.51. The summed E-state index contributed by atoms with van der Waals surface area (Å²) in [5.41, 5.74) is 1.28. The average molecular weight is 292 g/mol. The summed E-state index contributed by atoms with van der Waals surface area (Å²) in [5.74, 6) is 0.549. The maximum atomic E-state index is 11.5. The molecule has 118 valence electrons. The van der Waals surface area contributed by atoms with Gasteiger partial charge < -0.3 is 9.47 Å². The zero-order chi connectivity index (χ0) is 15.3. The maximum absolute atomic E-state index is 11.5. The fraction of sp³-hybridized carbons (Fsp3) is 0.611. The molecule has 0 saturated carbocycles. The minimum Gasteiger partial charge on any atom is -0.434 e. The van der Waals surface area contributed by atoms with Crippen LogP contribution in [0.1, 0.15) is 64.4 Å². The van der Waals surface area contributed by atoms with Gasteiger partial charge in [-0.15, -0.1) is 0 Å². The molecule has 0 radical (unpaired) electrons. The van der Waals surface area contributed by atoms with E-state index in [-0.39, 0.29) is 0 Å². The molecule has 0 heterocycles. The van der Waals surface area contributed by atoms with Crippen LogP contribution in [-0.4, -0.2) is 12.8 Å². The number of aryl methyl sites for hydroxylation is 1. The molecule has 3 nitrogen and oxygen atoms in total. The first kappa shape index (κ1) is 17.5. The van der Waals surface area contributed by atoms with Gasteiger partial charge in [0.15, 0.2) is 0 Å². The Morgan fingerprint density at radius 2 is 1.57 bits per heavy atom. The lowest BCUT2D eigenvalue weighted by Gasteiger charge is -2.06. The van der Waals surface area contributed by atoms with Crippen molar-refractivity contribution in [1.29, 1.82) is 0 Å². The van der Waals surface area contributed by atoms with Gasteiger partial charge in [0.1, 0.15) is 5.75 Å². The molecule has 0 aromatic heterocycles. The summed E-state index contributed by atoms with van der Waals surface area (Å²) in [6, 6.07) is 7.69. The number of benzene rings is 1. The Bertz CT molecular complexity index is 384. The Balaban J connectivity index is 2.23. The summed E-state index contributed by atoms with van der Waals surface area (Å²) in [6.45, 7) is 4.79. The quantitative estimate of drug-likeness (QED) is 0.324. The zero-order valence-electron chi connectivity index (χ0n) is 13.4. The van der Waals surface area contributed by atoms with E-state index in [0.29, 0.717) is 12.4 Å². The van der Waals surface area contributed by atoms with Gasteiger partial charge in [0.25, 0.3) is 0 Å². The summed E-state index contributed by atoms with van der Waals surface area (Å²) < 4.78 is 10.2.